The van der Waals surface area contributed by atoms with Gasteiger partial charge in [-0.25, -0.2) is 0 Å². The molecule has 3 aromatic carbocycles. The van der Waals surface area contributed by atoms with Crippen LogP contribution in [0.1, 0.15) is 37.4 Å². The molecule has 0 saturated carbocycles. The Morgan fingerprint density at radius 1 is 0.593 bits per heavy atom. The molecule has 2 amide bonds. The van der Waals surface area contributed by atoms with Crippen molar-refractivity contribution in [2.75, 3.05) is 10.6 Å². The van der Waals surface area contributed by atoms with Crippen LogP contribution in [0.5, 0.6) is 0 Å². The Morgan fingerprint density at radius 2 is 1.07 bits per heavy atom. The SMILES string of the molecule is Cc1ccc(NC(=O)c2ccc(NC(=O)c3ccc(C)c(C)c3)cc2)cc1. The summed E-state index contributed by atoms with van der Waals surface area (Å²) in [4.78, 5) is 24.7. The Hall–Kier alpha value is -3.40. The molecular weight excluding hydrogens is 336 g/mol. The van der Waals surface area contributed by atoms with Crippen LogP contribution in [0.15, 0.2) is 66.7 Å². The molecule has 136 valence electrons. The minimum Gasteiger partial charge on any atom is -0.322 e. The fourth-order valence-electron chi connectivity index (χ4n) is 2.63. The van der Waals surface area contributed by atoms with Gasteiger partial charge in [0.05, 0.1) is 0 Å². The van der Waals surface area contributed by atoms with Crippen LogP contribution in [0.3, 0.4) is 0 Å². The van der Waals surface area contributed by atoms with Gasteiger partial charge in [0.25, 0.3) is 11.8 Å². The fraction of sp³-hybridized carbons (Fsp3) is 0.130. The minimum atomic E-state index is -0.189. The molecule has 27 heavy (non-hydrogen) atoms. The molecule has 0 spiro atoms. The Kier molecular flexibility index (Phi) is 5.36. The standard InChI is InChI=1S/C23H22N2O2/c1-15-4-10-20(11-5-15)24-22(26)18-8-12-21(13-9-18)25-23(27)19-7-6-16(2)17(3)14-19/h4-14H,1-3H3,(H,24,26)(H,25,27). The molecule has 0 aliphatic rings. The normalized spacial score (nSPS) is 10.3. The van der Waals surface area contributed by atoms with Gasteiger partial charge in [-0.1, -0.05) is 23.8 Å². The second kappa shape index (κ2) is 7.87. The third-order valence-corrected chi connectivity index (χ3v) is 4.48. The molecule has 0 unspecified atom stereocenters. The largest absolute Gasteiger partial charge is 0.322 e. The first-order valence-corrected chi connectivity index (χ1v) is 8.79. The summed E-state index contributed by atoms with van der Waals surface area (Å²) in [5, 5.41) is 5.71. The van der Waals surface area contributed by atoms with Crippen molar-refractivity contribution in [1.29, 1.82) is 0 Å². The van der Waals surface area contributed by atoms with E-state index in [9.17, 15) is 9.59 Å². The van der Waals surface area contributed by atoms with E-state index in [1.54, 1.807) is 30.3 Å². The van der Waals surface area contributed by atoms with Crippen LogP contribution in [0.4, 0.5) is 11.4 Å². The molecule has 0 atom stereocenters. The summed E-state index contributed by atoms with van der Waals surface area (Å²) in [5.41, 5.74) is 5.89. The first kappa shape index (κ1) is 18.4. The van der Waals surface area contributed by atoms with Gasteiger partial charge >= 0.3 is 0 Å². The number of benzene rings is 3. The molecule has 0 bridgehead atoms. The van der Waals surface area contributed by atoms with Crippen molar-refractivity contribution in [2.45, 2.75) is 20.8 Å². The fourth-order valence-corrected chi connectivity index (χ4v) is 2.63. The quantitative estimate of drug-likeness (QED) is 0.680. The highest BCUT2D eigenvalue weighted by Gasteiger charge is 2.09. The topological polar surface area (TPSA) is 58.2 Å². The van der Waals surface area contributed by atoms with Crippen LogP contribution < -0.4 is 10.6 Å². The molecular formula is C23H22N2O2. The van der Waals surface area contributed by atoms with Crippen molar-refractivity contribution in [2.24, 2.45) is 0 Å². The molecule has 0 heterocycles. The predicted molar refractivity (Wildman–Crippen MR) is 109 cm³/mol. The summed E-state index contributed by atoms with van der Waals surface area (Å²) < 4.78 is 0. The number of hydrogen-bond acceptors (Lipinski definition) is 2. The predicted octanol–water partition coefficient (Wildman–Crippen LogP) is 5.12. The summed E-state index contributed by atoms with van der Waals surface area (Å²) in [6, 6.07) is 20.1. The van der Waals surface area contributed by atoms with Gasteiger partial charge in [-0.2, -0.15) is 0 Å². The average Bonchev–Trinajstić information content (AvgIpc) is 2.66. The van der Waals surface area contributed by atoms with E-state index in [-0.39, 0.29) is 11.8 Å². The van der Waals surface area contributed by atoms with Crippen LogP contribution in [-0.2, 0) is 0 Å². The number of hydrogen-bond donors (Lipinski definition) is 2. The van der Waals surface area contributed by atoms with Crippen molar-refractivity contribution in [1.82, 2.24) is 0 Å². The van der Waals surface area contributed by atoms with Crippen molar-refractivity contribution >= 4 is 23.2 Å². The van der Waals surface area contributed by atoms with Crippen LogP contribution in [0, 0.1) is 20.8 Å². The smallest absolute Gasteiger partial charge is 0.255 e. The first-order valence-electron chi connectivity index (χ1n) is 8.79. The molecule has 0 aliphatic carbocycles. The Morgan fingerprint density at radius 3 is 1.63 bits per heavy atom. The number of rotatable bonds is 4. The highest BCUT2D eigenvalue weighted by molar-refractivity contribution is 6.06. The second-order valence-corrected chi connectivity index (χ2v) is 6.65. The molecule has 0 aromatic heterocycles. The highest BCUT2D eigenvalue weighted by atomic mass is 16.2. The molecule has 3 rings (SSSR count). The van der Waals surface area contributed by atoms with Gasteiger partial charge in [0.15, 0.2) is 0 Å². The lowest BCUT2D eigenvalue weighted by Gasteiger charge is -2.09. The van der Waals surface area contributed by atoms with E-state index in [1.807, 2.05) is 57.2 Å². The summed E-state index contributed by atoms with van der Waals surface area (Å²) >= 11 is 0. The lowest BCUT2D eigenvalue weighted by Crippen LogP contribution is -2.14. The van der Waals surface area contributed by atoms with Crippen LogP contribution >= 0.6 is 0 Å². The van der Waals surface area contributed by atoms with Crippen molar-refractivity contribution in [3.05, 3.63) is 94.5 Å². The average molecular weight is 358 g/mol. The van der Waals surface area contributed by atoms with E-state index in [1.165, 1.54) is 0 Å². The zero-order valence-corrected chi connectivity index (χ0v) is 15.7. The highest BCUT2D eigenvalue weighted by Crippen LogP contribution is 2.16. The Bertz CT molecular complexity index is 974. The number of carbonyl (C=O) groups is 2. The number of carbonyl (C=O) groups excluding carboxylic acids is 2. The second-order valence-electron chi connectivity index (χ2n) is 6.65. The molecule has 0 radical (unpaired) electrons. The molecule has 0 fully saturated rings. The molecule has 4 nitrogen and oxygen atoms in total. The molecule has 4 heteroatoms. The zero-order chi connectivity index (χ0) is 19.4. The number of aryl methyl sites for hydroxylation is 3. The number of amides is 2. The third-order valence-electron chi connectivity index (χ3n) is 4.48. The van der Waals surface area contributed by atoms with E-state index in [2.05, 4.69) is 10.6 Å². The van der Waals surface area contributed by atoms with Gasteiger partial charge < -0.3 is 10.6 Å². The van der Waals surface area contributed by atoms with Gasteiger partial charge in [0, 0.05) is 22.5 Å². The van der Waals surface area contributed by atoms with Crippen LogP contribution in [0.25, 0.3) is 0 Å². The van der Waals surface area contributed by atoms with Gasteiger partial charge in [-0.05, 0) is 80.4 Å². The summed E-state index contributed by atoms with van der Waals surface area (Å²) in [5.74, 6) is -0.360. The summed E-state index contributed by atoms with van der Waals surface area (Å²) in [6.45, 7) is 5.99. The van der Waals surface area contributed by atoms with Crippen molar-refractivity contribution in [3.8, 4) is 0 Å². The van der Waals surface area contributed by atoms with Gasteiger partial charge in [-0.15, -0.1) is 0 Å². The first-order chi connectivity index (χ1) is 12.9. The van der Waals surface area contributed by atoms with E-state index < -0.39 is 0 Å². The molecule has 2 N–H and O–H groups in total. The lowest BCUT2D eigenvalue weighted by atomic mass is 10.1. The number of nitrogens with one attached hydrogen (secondary N) is 2. The maximum Gasteiger partial charge on any atom is 0.255 e. The van der Waals surface area contributed by atoms with E-state index in [0.717, 1.165) is 22.4 Å². The van der Waals surface area contributed by atoms with Crippen molar-refractivity contribution < 1.29 is 9.59 Å². The van der Waals surface area contributed by atoms with Crippen molar-refractivity contribution in [3.63, 3.8) is 0 Å². The molecule has 0 saturated heterocycles. The summed E-state index contributed by atoms with van der Waals surface area (Å²) in [7, 11) is 0. The monoisotopic (exact) mass is 358 g/mol. The zero-order valence-electron chi connectivity index (χ0n) is 15.7. The van der Waals surface area contributed by atoms with Crippen LogP contribution in [-0.4, -0.2) is 11.8 Å². The van der Waals surface area contributed by atoms with Crippen LogP contribution in [0.2, 0.25) is 0 Å². The van der Waals surface area contributed by atoms with Gasteiger partial charge in [0.2, 0.25) is 0 Å². The Balaban J connectivity index is 1.65. The van der Waals surface area contributed by atoms with E-state index >= 15 is 0 Å². The van der Waals surface area contributed by atoms with E-state index in [0.29, 0.717) is 16.8 Å². The summed E-state index contributed by atoms with van der Waals surface area (Å²) in [6.07, 6.45) is 0. The molecule has 0 aliphatic heterocycles. The Labute approximate surface area is 159 Å². The van der Waals surface area contributed by atoms with Gasteiger partial charge in [-0.3, -0.25) is 9.59 Å². The minimum absolute atomic E-state index is 0.171. The maximum absolute atomic E-state index is 12.4. The molecule has 3 aromatic rings. The van der Waals surface area contributed by atoms with E-state index in [4.69, 9.17) is 0 Å². The maximum atomic E-state index is 12.4. The third kappa shape index (κ3) is 4.61. The van der Waals surface area contributed by atoms with Gasteiger partial charge in [0.1, 0.15) is 0 Å². The lowest BCUT2D eigenvalue weighted by molar-refractivity contribution is 0.102. The number of anilines is 2.